The minimum Gasteiger partial charge on any atom is -0.326 e. The second kappa shape index (κ2) is 7.08. The van der Waals surface area contributed by atoms with Crippen LogP contribution in [-0.2, 0) is 0 Å². The summed E-state index contributed by atoms with van der Waals surface area (Å²) in [6.45, 7) is 10.8. The van der Waals surface area contributed by atoms with Crippen LogP contribution in [0.2, 0.25) is 0 Å². The van der Waals surface area contributed by atoms with Gasteiger partial charge in [0.25, 0.3) is 5.78 Å². The molecule has 2 aromatic heterocycles. The van der Waals surface area contributed by atoms with E-state index in [0.717, 1.165) is 41.8 Å². The molecule has 0 N–H and O–H groups in total. The molecule has 0 atom stereocenters. The number of allylic oxidation sites excluding steroid dienone is 3. The van der Waals surface area contributed by atoms with Gasteiger partial charge >= 0.3 is 0 Å². The molecule has 122 valence electrons. The van der Waals surface area contributed by atoms with Crippen molar-refractivity contribution in [3.63, 3.8) is 0 Å². The van der Waals surface area contributed by atoms with Gasteiger partial charge in [-0.25, -0.2) is 0 Å². The van der Waals surface area contributed by atoms with Crippen molar-refractivity contribution in [2.45, 2.75) is 19.8 Å². The zero-order chi connectivity index (χ0) is 16.9. The summed E-state index contributed by atoms with van der Waals surface area (Å²) in [4.78, 5) is 6.94. The van der Waals surface area contributed by atoms with E-state index in [4.69, 9.17) is 4.98 Å². The van der Waals surface area contributed by atoms with E-state index in [9.17, 15) is 0 Å². The van der Waals surface area contributed by atoms with Crippen molar-refractivity contribution in [2.75, 3.05) is 11.4 Å². The van der Waals surface area contributed by atoms with Crippen molar-refractivity contribution >= 4 is 22.5 Å². The molecular weight excluding hydrogens is 298 g/mol. The summed E-state index contributed by atoms with van der Waals surface area (Å²) in [6, 6.07) is 8.16. The quantitative estimate of drug-likeness (QED) is 0.614. The van der Waals surface area contributed by atoms with E-state index in [1.54, 1.807) is 12.4 Å². The molecule has 0 amide bonds. The largest absolute Gasteiger partial charge is 0.326 e. The Bertz CT molecular complexity index is 906. The molecule has 0 unspecified atom stereocenters. The second-order valence-electron chi connectivity index (χ2n) is 5.49. The Labute approximate surface area is 141 Å². The third kappa shape index (κ3) is 2.80. The van der Waals surface area contributed by atoms with Crippen molar-refractivity contribution in [1.29, 1.82) is 0 Å². The first-order valence-electron chi connectivity index (χ1n) is 8.11. The van der Waals surface area contributed by atoms with Gasteiger partial charge in [-0.3, -0.25) is 4.40 Å². The smallest absolute Gasteiger partial charge is 0.257 e. The molecule has 0 saturated heterocycles. The number of anilines is 1. The number of hydrogen-bond donors (Lipinski definition) is 0. The van der Waals surface area contributed by atoms with Crippen molar-refractivity contribution < 1.29 is 0 Å². The lowest BCUT2D eigenvalue weighted by atomic mass is 10.2. The molecule has 5 heteroatoms. The summed E-state index contributed by atoms with van der Waals surface area (Å²) in [5, 5.41) is 9.18. The minimum absolute atomic E-state index is 0.590. The molecule has 5 nitrogen and oxygen atoms in total. The molecule has 2 heterocycles. The molecule has 0 aliphatic rings. The fourth-order valence-corrected chi connectivity index (χ4v) is 2.77. The van der Waals surface area contributed by atoms with Gasteiger partial charge in [0.2, 0.25) is 0 Å². The van der Waals surface area contributed by atoms with Gasteiger partial charge in [-0.1, -0.05) is 44.7 Å². The third-order valence-corrected chi connectivity index (χ3v) is 3.94. The summed E-state index contributed by atoms with van der Waals surface area (Å²) in [5.74, 6) is 1.46. The summed E-state index contributed by atoms with van der Waals surface area (Å²) in [5.41, 5.74) is 2.01. The molecule has 3 rings (SSSR count). The fourth-order valence-electron chi connectivity index (χ4n) is 2.77. The number of para-hydroxylation sites is 1. The highest BCUT2D eigenvalue weighted by Crippen LogP contribution is 2.28. The van der Waals surface area contributed by atoms with Gasteiger partial charge in [-0.05, 0) is 30.7 Å². The molecule has 0 aliphatic heterocycles. The number of benzene rings is 1. The number of fused-ring (bicyclic) bond motifs is 3. The van der Waals surface area contributed by atoms with Crippen molar-refractivity contribution in [2.24, 2.45) is 0 Å². The summed E-state index contributed by atoms with van der Waals surface area (Å²) in [6.07, 6.45) is 9.40. The first-order valence-corrected chi connectivity index (χ1v) is 8.11. The predicted octanol–water partition coefficient (Wildman–Crippen LogP) is 4.14. The van der Waals surface area contributed by atoms with Crippen LogP contribution in [0.3, 0.4) is 0 Å². The molecular formula is C19H21N5. The van der Waals surface area contributed by atoms with Gasteiger partial charge in [0.15, 0.2) is 0 Å². The van der Waals surface area contributed by atoms with Crippen LogP contribution in [0.25, 0.3) is 16.7 Å². The fraction of sp³-hybridized carbons (Fsp3) is 0.211. The molecule has 0 radical (unpaired) electrons. The van der Waals surface area contributed by atoms with Crippen LogP contribution in [0, 0.1) is 0 Å². The first kappa shape index (κ1) is 15.9. The Hall–Kier alpha value is -2.95. The number of aromatic nitrogens is 4. The zero-order valence-corrected chi connectivity index (χ0v) is 13.9. The van der Waals surface area contributed by atoms with Crippen LogP contribution >= 0.6 is 0 Å². The van der Waals surface area contributed by atoms with E-state index in [2.05, 4.69) is 47.3 Å². The topological polar surface area (TPSA) is 46.3 Å². The molecule has 24 heavy (non-hydrogen) atoms. The van der Waals surface area contributed by atoms with Gasteiger partial charge in [0.1, 0.15) is 12.1 Å². The molecule has 0 spiro atoms. The van der Waals surface area contributed by atoms with Crippen LogP contribution in [-0.4, -0.2) is 26.1 Å². The Morgan fingerprint density at radius 1 is 1.29 bits per heavy atom. The molecule has 0 bridgehead atoms. The number of rotatable bonds is 7. The highest BCUT2D eigenvalue weighted by Gasteiger charge is 2.17. The van der Waals surface area contributed by atoms with Crippen molar-refractivity contribution in [1.82, 2.24) is 19.6 Å². The molecule has 1 aromatic carbocycles. The van der Waals surface area contributed by atoms with Gasteiger partial charge in [-0.15, -0.1) is 10.2 Å². The zero-order valence-electron chi connectivity index (χ0n) is 13.9. The first-order chi connectivity index (χ1) is 11.8. The lowest BCUT2D eigenvalue weighted by Gasteiger charge is -2.26. The van der Waals surface area contributed by atoms with Crippen LogP contribution in [0.1, 0.15) is 19.8 Å². The van der Waals surface area contributed by atoms with Gasteiger partial charge < -0.3 is 4.90 Å². The summed E-state index contributed by atoms with van der Waals surface area (Å²) in [7, 11) is 0. The maximum absolute atomic E-state index is 4.76. The minimum atomic E-state index is 0.590. The van der Waals surface area contributed by atoms with E-state index in [0.29, 0.717) is 5.78 Å². The Morgan fingerprint density at radius 2 is 2.12 bits per heavy atom. The van der Waals surface area contributed by atoms with Crippen LogP contribution in [0.15, 0.2) is 67.7 Å². The van der Waals surface area contributed by atoms with Crippen LogP contribution in [0.5, 0.6) is 0 Å². The predicted molar refractivity (Wildman–Crippen MR) is 99.0 cm³/mol. The van der Waals surface area contributed by atoms with Crippen molar-refractivity contribution in [3.05, 3.63) is 67.7 Å². The maximum atomic E-state index is 4.76. The molecule has 3 aromatic rings. The van der Waals surface area contributed by atoms with Gasteiger partial charge in [-0.2, -0.15) is 4.98 Å². The SMILES string of the molecule is C=C/C=C(\C=C)N(CCCC)c1nc2nncn2c2ccccc12. The van der Waals surface area contributed by atoms with E-state index >= 15 is 0 Å². The maximum Gasteiger partial charge on any atom is 0.257 e. The van der Waals surface area contributed by atoms with E-state index in [-0.39, 0.29) is 0 Å². The highest BCUT2D eigenvalue weighted by molar-refractivity contribution is 5.92. The van der Waals surface area contributed by atoms with Crippen molar-refractivity contribution in [3.8, 4) is 0 Å². The normalized spacial score (nSPS) is 11.8. The van der Waals surface area contributed by atoms with E-state index in [1.165, 1.54) is 0 Å². The van der Waals surface area contributed by atoms with Crippen LogP contribution in [0.4, 0.5) is 5.82 Å². The summed E-state index contributed by atoms with van der Waals surface area (Å²) >= 11 is 0. The Morgan fingerprint density at radius 3 is 2.88 bits per heavy atom. The number of hydrogen-bond acceptors (Lipinski definition) is 4. The standard InChI is InChI=1S/C19H21N5/c1-4-7-13-23(15(6-3)10-5-2)18-16-11-8-9-12-17(16)24-14-20-22-19(24)21-18/h5-6,8-12,14H,2-4,7,13H2,1H3/b15-10+. The average molecular weight is 319 g/mol. The molecule has 0 aliphatic carbocycles. The van der Waals surface area contributed by atoms with Crippen LogP contribution < -0.4 is 4.90 Å². The van der Waals surface area contributed by atoms with Gasteiger partial charge in [0.05, 0.1) is 5.52 Å². The average Bonchev–Trinajstić information content (AvgIpc) is 3.09. The third-order valence-electron chi connectivity index (χ3n) is 3.94. The number of unbranched alkanes of at least 4 members (excludes halogenated alkanes) is 1. The number of nitrogens with zero attached hydrogens (tertiary/aromatic N) is 5. The Kier molecular flexibility index (Phi) is 4.70. The summed E-state index contributed by atoms with van der Waals surface area (Å²) < 4.78 is 1.90. The monoisotopic (exact) mass is 319 g/mol. The second-order valence-corrected chi connectivity index (χ2v) is 5.49. The van der Waals surface area contributed by atoms with Gasteiger partial charge in [0, 0.05) is 17.6 Å². The van der Waals surface area contributed by atoms with E-state index in [1.807, 2.05) is 28.7 Å². The highest BCUT2D eigenvalue weighted by atomic mass is 15.3. The Balaban J connectivity index is 2.26. The lowest BCUT2D eigenvalue weighted by Crippen LogP contribution is -2.24. The molecule has 0 fully saturated rings. The lowest BCUT2D eigenvalue weighted by molar-refractivity contribution is 0.767. The molecule has 0 saturated carbocycles. The van der Waals surface area contributed by atoms with E-state index < -0.39 is 0 Å².